The van der Waals surface area contributed by atoms with Gasteiger partial charge >= 0.3 is 8.32 Å². The first kappa shape index (κ1) is 15.8. The van der Waals surface area contributed by atoms with Crippen LogP contribution in [0.1, 0.15) is 0 Å². The van der Waals surface area contributed by atoms with Gasteiger partial charge in [-0.3, -0.25) is 0 Å². The maximum Gasteiger partial charge on any atom is 0.310 e. The Hall–Kier alpha value is -1.59. The molecule has 110 valence electrons. The first-order chi connectivity index (χ1) is 9.84. The maximum absolute atomic E-state index is 6.58. The van der Waals surface area contributed by atoms with Crippen LogP contribution in [0.2, 0.25) is 26.2 Å². The third-order valence-electron chi connectivity index (χ3n) is 3.81. The van der Waals surface area contributed by atoms with Gasteiger partial charge in [0.1, 0.15) is 8.07 Å². The van der Waals surface area contributed by atoms with Gasteiger partial charge in [-0.2, -0.15) is 0 Å². The molecule has 0 radical (unpaired) electrons. The van der Waals surface area contributed by atoms with E-state index in [1.54, 1.807) is 0 Å². The van der Waals surface area contributed by atoms with Crippen LogP contribution in [0.15, 0.2) is 72.6 Å². The first-order valence-electron chi connectivity index (χ1n) is 7.33. The van der Waals surface area contributed by atoms with Crippen LogP contribution in [-0.4, -0.2) is 16.4 Å². The summed E-state index contributed by atoms with van der Waals surface area (Å²) in [7, 11) is -3.76. The lowest BCUT2D eigenvalue weighted by Gasteiger charge is -2.34. The lowest BCUT2D eigenvalue weighted by Crippen LogP contribution is -2.59. The summed E-state index contributed by atoms with van der Waals surface area (Å²) in [6, 6.07) is 21.2. The smallest absolute Gasteiger partial charge is 0.310 e. The van der Waals surface area contributed by atoms with Gasteiger partial charge < -0.3 is 4.43 Å². The molecule has 0 fully saturated rings. The van der Waals surface area contributed by atoms with Gasteiger partial charge in [-0.1, -0.05) is 86.9 Å². The Labute approximate surface area is 130 Å². The molecule has 2 aromatic carbocycles. The number of hydrogen-bond acceptors (Lipinski definition) is 1. The Morgan fingerprint density at radius 2 is 1.14 bits per heavy atom. The SMILES string of the molecule is C=C(O[Si](C)(c1ccccc1)c1ccccc1)[Si](C)(C)C. The summed E-state index contributed by atoms with van der Waals surface area (Å²) in [6.07, 6.45) is 0. The molecule has 0 bridgehead atoms. The second kappa shape index (κ2) is 6.04. The second-order valence-corrected chi connectivity index (χ2v) is 15.0. The third kappa shape index (κ3) is 3.54. The average molecular weight is 313 g/mol. The lowest BCUT2D eigenvalue weighted by atomic mass is 10.4. The topological polar surface area (TPSA) is 9.23 Å². The van der Waals surface area contributed by atoms with Crippen molar-refractivity contribution in [2.24, 2.45) is 0 Å². The Morgan fingerprint density at radius 3 is 1.48 bits per heavy atom. The van der Waals surface area contributed by atoms with Crippen LogP contribution >= 0.6 is 0 Å². The molecule has 0 amide bonds. The molecule has 0 atom stereocenters. The third-order valence-corrected chi connectivity index (χ3v) is 9.32. The minimum atomic E-state index is -2.24. The van der Waals surface area contributed by atoms with Crippen molar-refractivity contribution in [3.63, 3.8) is 0 Å². The summed E-state index contributed by atoms with van der Waals surface area (Å²) in [5.41, 5.74) is 0. The van der Waals surface area contributed by atoms with Gasteiger partial charge in [-0.15, -0.1) is 0 Å². The molecule has 0 saturated heterocycles. The van der Waals surface area contributed by atoms with Crippen molar-refractivity contribution in [2.45, 2.75) is 26.2 Å². The van der Waals surface area contributed by atoms with Crippen molar-refractivity contribution in [1.82, 2.24) is 0 Å². The van der Waals surface area contributed by atoms with E-state index in [1.165, 1.54) is 10.4 Å². The highest BCUT2D eigenvalue weighted by atomic mass is 28.4. The van der Waals surface area contributed by atoms with Crippen LogP contribution < -0.4 is 10.4 Å². The molecule has 1 nitrogen and oxygen atoms in total. The number of rotatable bonds is 5. The quantitative estimate of drug-likeness (QED) is 0.603. The zero-order valence-corrected chi connectivity index (χ0v) is 15.4. The van der Waals surface area contributed by atoms with E-state index in [2.05, 4.69) is 93.4 Å². The van der Waals surface area contributed by atoms with Gasteiger partial charge in [-0.25, -0.2) is 0 Å². The van der Waals surface area contributed by atoms with Crippen molar-refractivity contribution in [3.05, 3.63) is 72.6 Å². The highest BCUT2D eigenvalue weighted by molar-refractivity contribution is 6.97. The minimum absolute atomic E-state index is 0.990. The van der Waals surface area contributed by atoms with Crippen molar-refractivity contribution < 1.29 is 4.43 Å². The van der Waals surface area contributed by atoms with E-state index >= 15 is 0 Å². The molecule has 0 aliphatic carbocycles. The molecule has 2 rings (SSSR count). The normalized spacial score (nSPS) is 12.0. The molecule has 0 spiro atoms. The van der Waals surface area contributed by atoms with E-state index in [4.69, 9.17) is 4.43 Å². The Morgan fingerprint density at radius 1 is 0.762 bits per heavy atom. The Kier molecular flexibility index (Phi) is 4.54. The van der Waals surface area contributed by atoms with Crippen LogP contribution in [0.5, 0.6) is 0 Å². The standard InChI is InChI=1S/C18H24OSi2/c1-16(20(2,3)4)19-21(5,17-12-8-6-9-13-17)18-14-10-7-11-15-18/h6-15H,1H2,2-5H3. The van der Waals surface area contributed by atoms with Gasteiger partial charge in [0, 0.05) is 0 Å². The molecule has 21 heavy (non-hydrogen) atoms. The highest BCUT2D eigenvalue weighted by Gasteiger charge is 2.38. The summed E-state index contributed by atoms with van der Waals surface area (Å²) in [6.45, 7) is 13.3. The van der Waals surface area contributed by atoms with Gasteiger partial charge in [0.2, 0.25) is 0 Å². The zero-order chi connectivity index (χ0) is 15.5. The molecule has 3 heteroatoms. The van der Waals surface area contributed by atoms with Crippen LogP contribution in [0.25, 0.3) is 0 Å². The van der Waals surface area contributed by atoms with Crippen molar-refractivity contribution in [1.29, 1.82) is 0 Å². The zero-order valence-electron chi connectivity index (χ0n) is 13.4. The van der Waals surface area contributed by atoms with Crippen molar-refractivity contribution >= 4 is 26.8 Å². The van der Waals surface area contributed by atoms with Crippen LogP contribution in [-0.2, 0) is 4.43 Å². The van der Waals surface area contributed by atoms with E-state index < -0.39 is 16.4 Å². The van der Waals surface area contributed by atoms with Gasteiger partial charge in [0.15, 0.2) is 0 Å². The monoisotopic (exact) mass is 312 g/mol. The molecule has 2 aromatic rings. The number of benzene rings is 2. The molecule has 0 N–H and O–H groups in total. The highest BCUT2D eigenvalue weighted by Crippen LogP contribution is 2.19. The van der Waals surface area contributed by atoms with Crippen LogP contribution in [0, 0.1) is 0 Å². The molecule has 0 heterocycles. The van der Waals surface area contributed by atoms with E-state index in [9.17, 15) is 0 Å². The van der Waals surface area contributed by atoms with Crippen LogP contribution in [0.3, 0.4) is 0 Å². The maximum atomic E-state index is 6.58. The van der Waals surface area contributed by atoms with Gasteiger partial charge in [0.25, 0.3) is 0 Å². The summed E-state index contributed by atoms with van der Waals surface area (Å²) in [5, 5.41) is 3.57. The first-order valence-corrected chi connectivity index (χ1v) is 13.2. The molecular weight excluding hydrogens is 288 g/mol. The van der Waals surface area contributed by atoms with E-state index in [-0.39, 0.29) is 0 Å². The molecular formula is C18H24OSi2. The molecule has 0 aromatic heterocycles. The predicted molar refractivity (Wildman–Crippen MR) is 97.3 cm³/mol. The predicted octanol–water partition coefficient (Wildman–Crippen LogP) is 3.78. The Bertz CT molecular complexity index is 561. The lowest BCUT2D eigenvalue weighted by molar-refractivity contribution is 0.466. The fraction of sp³-hybridized carbons (Fsp3) is 0.222. The minimum Gasteiger partial charge on any atom is -0.543 e. The number of hydrogen-bond donors (Lipinski definition) is 0. The average Bonchev–Trinajstić information content (AvgIpc) is 2.48. The molecule has 0 unspecified atom stereocenters. The largest absolute Gasteiger partial charge is 0.543 e. The van der Waals surface area contributed by atoms with Crippen LogP contribution in [0.4, 0.5) is 0 Å². The van der Waals surface area contributed by atoms with E-state index in [1.807, 2.05) is 0 Å². The van der Waals surface area contributed by atoms with E-state index in [0.717, 1.165) is 5.38 Å². The van der Waals surface area contributed by atoms with Gasteiger partial charge in [0.05, 0.1) is 5.38 Å². The summed E-state index contributed by atoms with van der Waals surface area (Å²) in [5.74, 6) is 0. The molecule has 0 aliphatic rings. The fourth-order valence-corrected chi connectivity index (χ4v) is 6.75. The molecule has 0 aliphatic heterocycles. The second-order valence-electron chi connectivity index (χ2n) is 6.54. The Balaban J connectivity index is 2.48. The van der Waals surface area contributed by atoms with E-state index in [0.29, 0.717) is 0 Å². The van der Waals surface area contributed by atoms with Crippen molar-refractivity contribution in [3.8, 4) is 0 Å². The summed E-state index contributed by atoms with van der Waals surface area (Å²) >= 11 is 0. The summed E-state index contributed by atoms with van der Waals surface area (Å²) in [4.78, 5) is 0. The fourth-order valence-electron chi connectivity index (χ4n) is 2.20. The molecule has 0 saturated carbocycles. The summed E-state index contributed by atoms with van der Waals surface area (Å²) < 4.78 is 6.58. The van der Waals surface area contributed by atoms with Gasteiger partial charge in [-0.05, 0) is 16.9 Å². The van der Waals surface area contributed by atoms with Crippen molar-refractivity contribution in [2.75, 3.05) is 0 Å².